The molecule has 0 heterocycles. The molecule has 2 aromatic carbocycles. The third-order valence-corrected chi connectivity index (χ3v) is 3.43. The van der Waals surface area contributed by atoms with Gasteiger partial charge in [0.2, 0.25) is 0 Å². The first kappa shape index (κ1) is 19.8. The summed E-state index contributed by atoms with van der Waals surface area (Å²) in [5.41, 5.74) is 6.66. The van der Waals surface area contributed by atoms with E-state index in [1.165, 1.54) is 31.4 Å². The van der Waals surface area contributed by atoms with E-state index >= 15 is 0 Å². The molecule has 3 N–H and O–H groups in total. The molecule has 8 nitrogen and oxygen atoms in total. The third kappa shape index (κ3) is 6.03. The molecular weight excluding hydrogens is 352 g/mol. The van der Waals surface area contributed by atoms with Crippen LogP contribution in [0.3, 0.4) is 0 Å². The fraction of sp³-hybridized carbons (Fsp3) is 0.211. The van der Waals surface area contributed by atoms with E-state index < -0.39 is 24.4 Å². The van der Waals surface area contributed by atoms with E-state index in [9.17, 15) is 14.4 Å². The van der Waals surface area contributed by atoms with Crippen LogP contribution in [-0.2, 0) is 14.3 Å². The van der Waals surface area contributed by atoms with Crippen molar-refractivity contribution in [3.05, 3.63) is 53.6 Å². The Hall–Kier alpha value is -3.55. The van der Waals surface area contributed by atoms with Crippen LogP contribution in [0.5, 0.6) is 11.5 Å². The lowest BCUT2D eigenvalue weighted by Crippen LogP contribution is -2.21. The number of esters is 1. The van der Waals surface area contributed by atoms with Gasteiger partial charge in [-0.05, 0) is 48.9 Å². The molecular formula is C19H20N2O6. The lowest BCUT2D eigenvalue weighted by atomic mass is 10.2. The van der Waals surface area contributed by atoms with Gasteiger partial charge in [0, 0.05) is 0 Å². The molecule has 0 aliphatic carbocycles. The van der Waals surface area contributed by atoms with Gasteiger partial charge in [-0.1, -0.05) is 6.07 Å². The van der Waals surface area contributed by atoms with Gasteiger partial charge in [0.1, 0.15) is 11.5 Å². The van der Waals surface area contributed by atoms with E-state index in [0.29, 0.717) is 17.2 Å². The van der Waals surface area contributed by atoms with Crippen molar-refractivity contribution in [2.45, 2.75) is 6.92 Å². The van der Waals surface area contributed by atoms with Gasteiger partial charge in [-0.15, -0.1) is 0 Å². The number of hydrogen-bond donors (Lipinski definition) is 2. The quantitative estimate of drug-likeness (QED) is 0.681. The van der Waals surface area contributed by atoms with E-state index in [1.54, 1.807) is 12.1 Å². The molecule has 0 spiro atoms. The summed E-state index contributed by atoms with van der Waals surface area (Å²) >= 11 is 0. The maximum absolute atomic E-state index is 12.0. The minimum Gasteiger partial charge on any atom is -0.495 e. The van der Waals surface area contributed by atoms with Crippen molar-refractivity contribution >= 4 is 23.5 Å². The monoisotopic (exact) mass is 372 g/mol. The fourth-order valence-electron chi connectivity index (χ4n) is 2.16. The van der Waals surface area contributed by atoms with Crippen LogP contribution in [0.15, 0.2) is 42.5 Å². The Morgan fingerprint density at radius 3 is 2.37 bits per heavy atom. The van der Waals surface area contributed by atoms with Gasteiger partial charge in [-0.3, -0.25) is 9.59 Å². The SMILES string of the molecule is COc1ccc(C)cc1NC(=O)COC(=O)c1ccc(OCC(N)=O)cc1. The van der Waals surface area contributed by atoms with E-state index in [-0.39, 0.29) is 12.2 Å². The smallest absolute Gasteiger partial charge is 0.338 e. The Bertz CT molecular complexity index is 833. The highest BCUT2D eigenvalue weighted by molar-refractivity contribution is 5.96. The zero-order valence-electron chi connectivity index (χ0n) is 15.0. The number of anilines is 1. The Morgan fingerprint density at radius 2 is 1.74 bits per heavy atom. The van der Waals surface area contributed by atoms with Crippen molar-refractivity contribution < 1.29 is 28.6 Å². The van der Waals surface area contributed by atoms with Crippen molar-refractivity contribution in [2.75, 3.05) is 25.6 Å². The van der Waals surface area contributed by atoms with E-state index in [4.69, 9.17) is 19.9 Å². The summed E-state index contributed by atoms with van der Waals surface area (Å²) < 4.78 is 15.3. The molecule has 0 aromatic heterocycles. The Kier molecular flexibility index (Phi) is 6.76. The molecule has 0 saturated carbocycles. The normalized spacial score (nSPS) is 10.0. The van der Waals surface area contributed by atoms with Gasteiger partial charge >= 0.3 is 5.97 Å². The molecule has 0 atom stereocenters. The van der Waals surface area contributed by atoms with Gasteiger partial charge in [-0.25, -0.2) is 4.79 Å². The maximum Gasteiger partial charge on any atom is 0.338 e. The van der Waals surface area contributed by atoms with Crippen LogP contribution in [0.25, 0.3) is 0 Å². The maximum atomic E-state index is 12.0. The molecule has 0 aliphatic rings. The Morgan fingerprint density at radius 1 is 1.04 bits per heavy atom. The van der Waals surface area contributed by atoms with Crippen molar-refractivity contribution in [1.82, 2.24) is 0 Å². The van der Waals surface area contributed by atoms with Crippen LogP contribution in [0.1, 0.15) is 15.9 Å². The van der Waals surface area contributed by atoms with Crippen molar-refractivity contribution in [3.8, 4) is 11.5 Å². The summed E-state index contributed by atoms with van der Waals surface area (Å²) in [5.74, 6) is -0.868. The zero-order chi connectivity index (χ0) is 19.8. The number of rotatable bonds is 8. The summed E-state index contributed by atoms with van der Waals surface area (Å²) in [4.78, 5) is 34.7. The minimum atomic E-state index is -0.664. The van der Waals surface area contributed by atoms with Crippen LogP contribution in [0.4, 0.5) is 5.69 Å². The molecule has 0 radical (unpaired) electrons. The van der Waals surface area contributed by atoms with Gasteiger partial charge in [-0.2, -0.15) is 0 Å². The number of carbonyl (C=O) groups is 3. The van der Waals surface area contributed by atoms with Crippen LogP contribution < -0.4 is 20.5 Å². The molecule has 142 valence electrons. The first-order chi connectivity index (χ1) is 12.9. The van der Waals surface area contributed by atoms with Gasteiger partial charge in [0.05, 0.1) is 18.4 Å². The van der Waals surface area contributed by atoms with Crippen LogP contribution in [-0.4, -0.2) is 38.1 Å². The first-order valence-corrected chi connectivity index (χ1v) is 8.02. The highest BCUT2D eigenvalue weighted by atomic mass is 16.5. The Labute approximate surface area is 156 Å². The third-order valence-electron chi connectivity index (χ3n) is 3.43. The number of amides is 2. The fourth-order valence-corrected chi connectivity index (χ4v) is 2.16. The van der Waals surface area contributed by atoms with Crippen molar-refractivity contribution in [1.29, 1.82) is 0 Å². The summed E-state index contributed by atoms with van der Waals surface area (Å²) in [7, 11) is 1.50. The second kappa shape index (κ2) is 9.23. The summed E-state index contributed by atoms with van der Waals surface area (Å²) in [5, 5.41) is 2.64. The van der Waals surface area contributed by atoms with E-state index in [1.807, 2.05) is 13.0 Å². The molecule has 27 heavy (non-hydrogen) atoms. The summed E-state index contributed by atoms with van der Waals surface area (Å²) in [6.07, 6.45) is 0. The summed E-state index contributed by atoms with van der Waals surface area (Å²) in [6, 6.07) is 11.3. The molecule has 0 saturated heterocycles. The van der Waals surface area contributed by atoms with Crippen LogP contribution in [0.2, 0.25) is 0 Å². The van der Waals surface area contributed by atoms with E-state index in [2.05, 4.69) is 5.32 Å². The molecule has 2 aromatic rings. The number of hydrogen-bond acceptors (Lipinski definition) is 6. The number of nitrogens with two attached hydrogens (primary N) is 1. The largest absolute Gasteiger partial charge is 0.495 e. The standard InChI is InChI=1S/C19H20N2O6/c1-12-3-8-16(25-2)15(9-12)21-18(23)11-27-19(24)13-4-6-14(7-5-13)26-10-17(20)22/h3-9H,10-11H2,1-2H3,(H2,20,22)(H,21,23). The number of ether oxygens (including phenoxy) is 3. The Balaban J connectivity index is 1.88. The second-order valence-corrected chi connectivity index (χ2v) is 5.61. The average Bonchev–Trinajstić information content (AvgIpc) is 2.65. The zero-order valence-corrected chi connectivity index (χ0v) is 15.0. The van der Waals surface area contributed by atoms with Crippen LogP contribution >= 0.6 is 0 Å². The predicted molar refractivity (Wildman–Crippen MR) is 97.8 cm³/mol. The lowest BCUT2D eigenvalue weighted by molar-refractivity contribution is -0.120. The number of aryl methyl sites for hydroxylation is 1. The lowest BCUT2D eigenvalue weighted by Gasteiger charge is -2.11. The predicted octanol–water partition coefficient (Wildman–Crippen LogP) is 1.66. The highest BCUT2D eigenvalue weighted by Crippen LogP contribution is 2.25. The molecule has 0 bridgehead atoms. The number of carbonyl (C=O) groups excluding carboxylic acids is 3. The van der Waals surface area contributed by atoms with Gasteiger partial charge in [0.15, 0.2) is 13.2 Å². The van der Waals surface area contributed by atoms with Gasteiger partial charge < -0.3 is 25.3 Å². The second-order valence-electron chi connectivity index (χ2n) is 5.61. The molecule has 0 aliphatic heterocycles. The summed E-state index contributed by atoms with van der Waals surface area (Å²) in [6.45, 7) is 1.17. The minimum absolute atomic E-state index is 0.238. The average molecular weight is 372 g/mol. The van der Waals surface area contributed by atoms with Crippen molar-refractivity contribution in [3.63, 3.8) is 0 Å². The number of primary amides is 1. The number of benzene rings is 2. The van der Waals surface area contributed by atoms with Crippen LogP contribution in [0, 0.1) is 6.92 Å². The topological polar surface area (TPSA) is 117 Å². The molecule has 0 unspecified atom stereocenters. The number of nitrogens with one attached hydrogen (secondary N) is 1. The molecule has 2 amide bonds. The molecule has 2 rings (SSSR count). The molecule has 8 heteroatoms. The first-order valence-electron chi connectivity index (χ1n) is 8.02. The van der Waals surface area contributed by atoms with Crippen molar-refractivity contribution in [2.24, 2.45) is 5.73 Å². The highest BCUT2D eigenvalue weighted by Gasteiger charge is 2.12. The van der Waals surface area contributed by atoms with Gasteiger partial charge in [0.25, 0.3) is 11.8 Å². The number of methoxy groups -OCH3 is 1. The van der Waals surface area contributed by atoms with E-state index in [0.717, 1.165) is 5.56 Å². The molecule has 0 fully saturated rings.